The Balaban J connectivity index is 1.83. The van der Waals surface area contributed by atoms with Gasteiger partial charge in [-0.05, 0) is 73.5 Å². The van der Waals surface area contributed by atoms with E-state index in [1.807, 2.05) is 44.2 Å². The normalized spacial score (nSPS) is 11.9. The molecule has 1 atom stereocenters. The molecule has 242 valence electrons. The minimum absolute atomic E-state index is 0.00472. The van der Waals surface area contributed by atoms with Gasteiger partial charge in [0, 0.05) is 24.0 Å². The number of rotatable bonds is 14. The van der Waals surface area contributed by atoms with Gasteiger partial charge in [-0.1, -0.05) is 66.2 Å². The van der Waals surface area contributed by atoms with Crippen LogP contribution in [0.2, 0.25) is 5.02 Å². The summed E-state index contributed by atoms with van der Waals surface area (Å²) in [5, 5.41) is 3.41. The first-order chi connectivity index (χ1) is 22.0. The predicted molar refractivity (Wildman–Crippen MR) is 180 cm³/mol. The molecule has 0 saturated heterocycles. The van der Waals surface area contributed by atoms with Crippen molar-refractivity contribution in [1.82, 2.24) is 10.2 Å². The fraction of sp³-hybridized carbons (Fsp3) is 0.257. The maximum Gasteiger partial charge on any atom is 0.264 e. The molecule has 4 aromatic carbocycles. The van der Waals surface area contributed by atoms with Gasteiger partial charge in [-0.3, -0.25) is 13.9 Å². The minimum Gasteiger partial charge on any atom is -0.497 e. The van der Waals surface area contributed by atoms with E-state index in [4.69, 9.17) is 21.1 Å². The van der Waals surface area contributed by atoms with Crippen molar-refractivity contribution in [3.8, 4) is 11.5 Å². The van der Waals surface area contributed by atoms with Crippen molar-refractivity contribution in [2.24, 2.45) is 0 Å². The number of hydrogen-bond donors (Lipinski definition) is 1. The third-order valence-electron chi connectivity index (χ3n) is 7.22. The van der Waals surface area contributed by atoms with Gasteiger partial charge in [0.2, 0.25) is 11.8 Å². The second kappa shape index (κ2) is 15.6. The number of halogens is 1. The largest absolute Gasteiger partial charge is 0.497 e. The van der Waals surface area contributed by atoms with Gasteiger partial charge >= 0.3 is 0 Å². The Hall–Kier alpha value is -4.54. The zero-order valence-electron chi connectivity index (χ0n) is 26.2. The molecule has 2 amide bonds. The van der Waals surface area contributed by atoms with Gasteiger partial charge < -0.3 is 19.7 Å². The summed E-state index contributed by atoms with van der Waals surface area (Å²) in [6, 6.07) is 27.6. The predicted octanol–water partition coefficient (Wildman–Crippen LogP) is 5.72. The third kappa shape index (κ3) is 8.58. The molecule has 46 heavy (non-hydrogen) atoms. The minimum atomic E-state index is -4.32. The number of nitrogens with zero attached hydrogens (tertiary/aromatic N) is 2. The lowest BCUT2D eigenvalue weighted by Crippen LogP contribution is -2.54. The molecule has 4 aromatic rings. The molecule has 4 rings (SSSR count). The summed E-state index contributed by atoms with van der Waals surface area (Å²) in [6.07, 6.45) is 0.200. The molecule has 9 nitrogen and oxygen atoms in total. The molecular weight excluding hydrogens is 626 g/mol. The molecule has 0 bridgehead atoms. The van der Waals surface area contributed by atoms with Crippen LogP contribution in [0.1, 0.15) is 25.0 Å². The number of methoxy groups -OCH3 is 2. The van der Waals surface area contributed by atoms with Gasteiger partial charge in [-0.2, -0.15) is 0 Å². The number of carbonyl (C=O) groups excluding carboxylic acids is 2. The van der Waals surface area contributed by atoms with Gasteiger partial charge in [0.15, 0.2) is 0 Å². The van der Waals surface area contributed by atoms with Crippen LogP contribution >= 0.6 is 11.6 Å². The van der Waals surface area contributed by atoms with E-state index in [2.05, 4.69) is 5.32 Å². The molecule has 0 fully saturated rings. The van der Waals surface area contributed by atoms with E-state index in [-0.39, 0.29) is 41.2 Å². The summed E-state index contributed by atoms with van der Waals surface area (Å²) < 4.78 is 40.3. The Morgan fingerprint density at radius 2 is 1.48 bits per heavy atom. The molecule has 0 aliphatic carbocycles. The zero-order chi connectivity index (χ0) is 33.3. The third-order valence-corrected chi connectivity index (χ3v) is 9.23. The van der Waals surface area contributed by atoms with E-state index < -0.39 is 28.5 Å². The summed E-state index contributed by atoms with van der Waals surface area (Å²) in [5.41, 5.74) is 1.68. The first-order valence-corrected chi connectivity index (χ1v) is 16.5. The second-order valence-corrected chi connectivity index (χ2v) is 13.2. The summed E-state index contributed by atoms with van der Waals surface area (Å²) in [5.74, 6) is -0.225. The van der Waals surface area contributed by atoms with Crippen molar-refractivity contribution in [1.29, 1.82) is 0 Å². The van der Waals surface area contributed by atoms with Crippen LogP contribution in [0.5, 0.6) is 11.5 Å². The number of hydrogen-bond acceptors (Lipinski definition) is 6. The van der Waals surface area contributed by atoms with Gasteiger partial charge in [0.05, 0.1) is 24.8 Å². The zero-order valence-corrected chi connectivity index (χ0v) is 27.8. The maximum absolute atomic E-state index is 14.6. The van der Waals surface area contributed by atoms with Crippen molar-refractivity contribution in [2.75, 3.05) is 25.1 Å². The highest BCUT2D eigenvalue weighted by Gasteiger charge is 2.35. The van der Waals surface area contributed by atoms with Gasteiger partial charge in [0.25, 0.3) is 10.0 Å². The van der Waals surface area contributed by atoms with E-state index in [1.54, 1.807) is 48.5 Å². The number of amides is 2. The maximum atomic E-state index is 14.6. The topological polar surface area (TPSA) is 105 Å². The summed E-state index contributed by atoms with van der Waals surface area (Å²) in [4.78, 5) is 29.7. The molecule has 0 radical (unpaired) electrons. The summed E-state index contributed by atoms with van der Waals surface area (Å²) in [7, 11) is -1.40. The molecule has 0 spiro atoms. The van der Waals surface area contributed by atoms with Crippen LogP contribution in [0.3, 0.4) is 0 Å². The number of para-hydroxylation sites is 2. The lowest BCUT2D eigenvalue weighted by atomic mass is 10.0. The number of benzene rings is 4. The average molecular weight is 664 g/mol. The molecule has 0 unspecified atom stereocenters. The van der Waals surface area contributed by atoms with Crippen molar-refractivity contribution < 1.29 is 27.5 Å². The quantitative estimate of drug-likeness (QED) is 0.185. The van der Waals surface area contributed by atoms with E-state index in [0.717, 1.165) is 9.87 Å². The Morgan fingerprint density at radius 3 is 2.11 bits per heavy atom. The fourth-order valence-corrected chi connectivity index (χ4v) is 6.63. The molecule has 0 aromatic heterocycles. The van der Waals surface area contributed by atoms with E-state index >= 15 is 0 Å². The Labute approximate surface area is 275 Å². The number of sulfonamides is 1. The van der Waals surface area contributed by atoms with Crippen molar-refractivity contribution >= 4 is 39.1 Å². The lowest BCUT2D eigenvalue weighted by Gasteiger charge is -2.34. The first kappa shape index (κ1) is 34.3. The standard InChI is InChI=1S/C35H38ClN3O6S/c1-25(2)37-35(41)32(22-26-11-6-5-7-12-26)38(23-27-13-10-14-28(36)21-27)34(40)24-39(31-15-8-9-16-33(31)45-4)46(42,43)30-19-17-29(44-3)18-20-30/h5-21,25,32H,22-24H2,1-4H3,(H,37,41)/t32-/m0/s1. The van der Waals surface area contributed by atoms with Crippen LogP contribution in [0.25, 0.3) is 0 Å². The average Bonchev–Trinajstić information content (AvgIpc) is 3.05. The number of anilines is 1. The van der Waals surface area contributed by atoms with Crippen LogP contribution in [0.15, 0.2) is 108 Å². The highest BCUT2D eigenvalue weighted by Crippen LogP contribution is 2.33. The van der Waals surface area contributed by atoms with Gasteiger partial charge in [-0.25, -0.2) is 8.42 Å². The van der Waals surface area contributed by atoms with E-state index in [1.165, 1.54) is 43.4 Å². The van der Waals surface area contributed by atoms with Crippen LogP contribution in [0, 0.1) is 0 Å². The second-order valence-electron chi connectivity index (χ2n) is 10.9. The summed E-state index contributed by atoms with van der Waals surface area (Å²) >= 11 is 6.30. The monoisotopic (exact) mass is 663 g/mol. The lowest BCUT2D eigenvalue weighted by molar-refractivity contribution is -0.140. The van der Waals surface area contributed by atoms with E-state index in [0.29, 0.717) is 16.3 Å². The van der Waals surface area contributed by atoms with Crippen molar-refractivity contribution in [3.63, 3.8) is 0 Å². The Kier molecular flexibility index (Phi) is 11.7. The summed E-state index contributed by atoms with van der Waals surface area (Å²) in [6.45, 7) is 3.07. The molecular formula is C35H38ClN3O6S. The Bertz CT molecular complexity index is 1730. The van der Waals surface area contributed by atoms with Gasteiger partial charge in [-0.15, -0.1) is 0 Å². The first-order valence-electron chi connectivity index (χ1n) is 14.7. The molecule has 0 aliphatic rings. The molecule has 0 saturated carbocycles. The van der Waals surface area contributed by atoms with Crippen LogP contribution in [-0.4, -0.2) is 58.0 Å². The van der Waals surface area contributed by atoms with Gasteiger partial charge in [0.1, 0.15) is 24.1 Å². The SMILES string of the molecule is COc1ccc(S(=O)(=O)N(CC(=O)N(Cc2cccc(Cl)c2)[C@@H](Cc2ccccc2)C(=O)NC(C)C)c2ccccc2OC)cc1. The van der Waals surface area contributed by atoms with Crippen molar-refractivity contribution in [3.05, 3.63) is 119 Å². The Morgan fingerprint density at radius 1 is 0.826 bits per heavy atom. The molecule has 11 heteroatoms. The fourth-order valence-electron chi connectivity index (χ4n) is 4.99. The number of carbonyl (C=O) groups is 2. The number of nitrogens with one attached hydrogen (secondary N) is 1. The smallest absolute Gasteiger partial charge is 0.264 e. The van der Waals surface area contributed by atoms with Crippen LogP contribution < -0.4 is 19.1 Å². The van der Waals surface area contributed by atoms with Crippen LogP contribution in [0.4, 0.5) is 5.69 Å². The van der Waals surface area contributed by atoms with Crippen molar-refractivity contribution in [2.45, 2.75) is 43.8 Å². The highest BCUT2D eigenvalue weighted by atomic mass is 35.5. The number of ether oxygens (including phenoxy) is 2. The van der Waals surface area contributed by atoms with E-state index in [9.17, 15) is 18.0 Å². The van der Waals surface area contributed by atoms with Crippen LogP contribution in [-0.2, 0) is 32.6 Å². The molecule has 0 heterocycles. The molecule has 0 aliphatic heterocycles. The molecule has 1 N–H and O–H groups in total. The highest BCUT2D eigenvalue weighted by molar-refractivity contribution is 7.92.